The average molecular weight is 458 g/mol. The van der Waals surface area contributed by atoms with Gasteiger partial charge in [0.2, 0.25) is 17.3 Å². The summed E-state index contributed by atoms with van der Waals surface area (Å²) < 4.78 is 7.17. The van der Waals surface area contributed by atoms with Gasteiger partial charge in [-0.1, -0.05) is 53.5 Å². The predicted octanol–water partition coefficient (Wildman–Crippen LogP) is 5.48. The summed E-state index contributed by atoms with van der Waals surface area (Å²) in [6, 6.07) is 11.7. The Bertz CT molecular complexity index is 957. The van der Waals surface area contributed by atoms with Gasteiger partial charge in [-0.05, 0) is 36.8 Å². The molecule has 3 aromatic rings. The number of hydrogen-bond acceptors (Lipinski definition) is 7. The zero-order valence-corrected chi connectivity index (χ0v) is 17.8. The number of thioether (sulfide) groups is 1. The van der Waals surface area contributed by atoms with Gasteiger partial charge in [0.15, 0.2) is 5.69 Å². The monoisotopic (exact) mass is 457 g/mol. The molecule has 1 unspecified atom stereocenters. The first kappa shape index (κ1) is 19.1. The summed E-state index contributed by atoms with van der Waals surface area (Å²) in [4.78, 5) is 9.09. The average Bonchev–Trinajstić information content (AvgIpc) is 2.88. The second-order valence-corrected chi connectivity index (χ2v) is 8.37. The van der Waals surface area contributed by atoms with Crippen LogP contribution in [0.1, 0.15) is 38.1 Å². The minimum absolute atomic E-state index is 0.461. The van der Waals surface area contributed by atoms with Crippen molar-refractivity contribution in [2.24, 2.45) is 0 Å². The van der Waals surface area contributed by atoms with Crippen molar-refractivity contribution in [1.82, 2.24) is 20.2 Å². The fourth-order valence-electron chi connectivity index (χ4n) is 2.91. The molecule has 0 saturated carbocycles. The lowest BCUT2D eigenvalue weighted by Gasteiger charge is -2.18. The van der Waals surface area contributed by atoms with E-state index in [2.05, 4.69) is 48.3 Å². The molecule has 0 aliphatic carbocycles. The van der Waals surface area contributed by atoms with E-state index in [1.165, 1.54) is 12.8 Å². The zero-order valence-electron chi connectivity index (χ0n) is 15.4. The Balaban J connectivity index is 1.71. The maximum Gasteiger partial charge on any atom is 0.247 e. The number of pyridine rings is 1. The van der Waals surface area contributed by atoms with Crippen LogP contribution in [0.3, 0.4) is 0 Å². The summed E-state index contributed by atoms with van der Waals surface area (Å²) >= 11 is 5.15. The van der Waals surface area contributed by atoms with Gasteiger partial charge in [-0.2, -0.15) is 4.98 Å². The van der Waals surface area contributed by atoms with Gasteiger partial charge in [-0.15, -0.1) is 10.2 Å². The molecule has 1 aromatic carbocycles. The first-order chi connectivity index (χ1) is 13.7. The van der Waals surface area contributed by atoms with Gasteiger partial charge in [0, 0.05) is 27.7 Å². The van der Waals surface area contributed by atoms with Crippen LogP contribution in [0.2, 0.25) is 0 Å². The molecule has 0 fully saturated rings. The van der Waals surface area contributed by atoms with Crippen LogP contribution in [0.15, 0.2) is 52.2 Å². The van der Waals surface area contributed by atoms with Crippen molar-refractivity contribution in [2.45, 2.75) is 37.6 Å². The summed E-state index contributed by atoms with van der Waals surface area (Å²) in [7, 11) is 0. The van der Waals surface area contributed by atoms with Crippen molar-refractivity contribution in [2.75, 3.05) is 11.1 Å². The summed E-state index contributed by atoms with van der Waals surface area (Å²) in [5, 5.41) is 12.8. The van der Waals surface area contributed by atoms with E-state index in [0.717, 1.165) is 33.6 Å². The van der Waals surface area contributed by atoms with E-state index in [-0.39, 0.29) is 0 Å². The Morgan fingerprint density at radius 1 is 1.18 bits per heavy atom. The van der Waals surface area contributed by atoms with Crippen molar-refractivity contribution in [3.63, 3.8) is 0 Å². The lowest BCUT2D eigenvalue weighted by Crippen LogP contribution is -2.18. The molecule has 1 aliphatic heterocycles. The molecule has 1 aliphatic rings. The number of anilines is 1. The fourth-order valence-corrected chi connectivity index (χ4v) is 4.05. The molecular formula is C20H20BrN5OS. The number of nitrogens with zero attached hydrogens (tertiary/aromatic N) is 4. The smallest absolute Gasteiger partial charge is 0.247 e. The van der Waals surface area contributed by atoms with Gasteiger partial charge in [-0.3, -0.25) is 4.98 Å². The summed E-state index contributed by atoms with van der Waals surface area (Å²) in [5.41, 5.74) is 3.20. The van der Waals surface area contributed by atoms with Gasteiger partial charge in [0.1, 0.15) is 5.69 Å². The molecule has 8 heteroatoms. The van der Waals surface area contributed by atoms with Crippen LogP contribution < -0.4 is 10.1 Å². The van der Waals surface area contributed by atoms with Crippen LogP contribution in [0.4, 0.5) is 5.69 Å². The number of benzene rings is 1. The normalized spacial score (nSPS) is 15.0. The summed E-state index contributed by atoms with van der Waals surface area (Å²) in [6.45, 7) is 2.19. The van der Waals surface area contributed by atoms with E-state index in [4.69, 9.17) is 4.74 Å². The number of hydrogen-bond donors (Lipinski definition) is 1. The van der Waals surface area contributed by atoms with Crippen LogP contribution >= 0.6 is 27.7 Å². The minimum Gasteiger partial charge on any atom is -0.446 e. The quantitative estimate of drug-likeness (QED) is 0.387. The highest BCUT2D eigenvalue weighted by Crippen LogP contribution is 2.40. The van der Waals surface area contributed by atoms with Crippen molar-refractivity contribution in [3.05, 3.63) is 52.8 Å². The van der Waals surface area contributed by atoms with Gasteiger partial charge in [0.25, 0.3) is 0 Å². The van der Waals surface area contributed by atoms with Gasteiger partial charge >= 0.3 is 0 Å². The molecule has 2 aromatic heterocycles. The second kappa shape index (κ2) is 8.87. The lowest BCUT2D eigenvalue weighted by molar-refractivity contribution is 0.220. The number of halogens is 1. The second-order valence-electron chi connectivity index (χ2n) is 6.39. The Morgan fingerprint density at radius 3 is 2.93 bits per heavy atom. The number of ether oxygens (including phenoxy) is 1. The summed E-state index contributed by atoms with van der Waals surface area (Å²) in [5.74, 6) is 1.44. The molecule has 0 amide bonds. The molecule has 1 atom stereocenters. The summed E-state index contributed by atoms with van der Waals surface area (Å²) in [6.07, 6.45) is 4.82. The minimum atomic E-state index is -0.461. The highest BCUT2D eigenvalue weighted by molar-refractivity contribution is 9.10. The Hall–Kier alpha value is -2.19. The van der Waals surface area contributed by atoms with Crippen LogP contribution in [-0.2, 0) is 0 Å². The van der Waals surface area contributed by atoms with E-state index in [1.807, 2.05) is 36.4 Å². The lowest BCUT2D eigenvalue weighted by atomic mass is 10.1. The third kappa shape index (κ3) is 4.28. The molecular weight excluding hydrogens is 438 g/mol. The molecule has 0 spiro atoms. The highest BCUT2D eigenvalue weighted by atomic mass is 79.9. The standard InChI is InChI=1S/C20H20BrN5OS/c1-2-3-6-11-28-20-24-19-17(25-26-20)14-12-13(21)8-9-15(14)23-18(27-19)16-7-4-5-10-22-16/h4-5,7-10,12,18,23H,2-3,6,11H2,1H3. The van der Waals surface area contributed by atoms with E-state index in [9.17, 15) is 0 Å². The van der Waals surface area contributed by atoms with Crippen LogP contribution in [-0.4, -0.2) is 25.9 Å². The largest absolute Gasteiger partial charge is 0.446 e. The van der Waals surface area contributed by atoms with E-state index >= 15 is 0 Å². The Labute approximate surface area is 176 Å². The van der Waals surface area contributed by atoms with Crippen LogP contribution in [0.5, 0.6) is 5.88 Å². The first-order valence-electron chi connectivity index (χ1n) is 9.26. The maximum atomic E-state index is 6.22. The third-order valence-corrected chi connectivity index (χ3v) is 5.74. The topological polar surface area (TPSA) is 72.8 Å². The van der Waals surface area contributed by atoms with E-state index < -0.39 is 6.23 Å². The number of fused-ring (bicyclic) bond motifs is 3. The van der Waals surface area contributed by atoms with E-state index in [1.54, 1.807) is 18.0 Å². The van der Waals surface area contributed by atoms with Crippen molar-refractivity contribution in [1.29, 1.82) is 0 Å². The maximum absolute atomic E-state index is 6.22. The first-order valence-corrected chi connectivity index (χ1v) is 11.0. The SMILES string of the molecule is CCCCCSc1nnc2c(n1)OC(c1ccccn1)Nc1ccc(Br)cc1-2. The molecule has 0 saturated heterocycles. The number of unbranched alkanes of at least 4 members (excludes halogenated alkanes) is 2. The molecule has 0 bridgehead atoms. The fraction of sp³-hybridized carbons (Fsp3) is 0.300. The number of rotatable bonds is 6. The van der Waals surface area contributed by atoms with Crippen molar-refractivity contribution in [3.8, 4) is 17.1 Å². The molecule has 1 N–H and O–H groups in total. The highest BCUT2D eigenvalue weighted by Gasteiger charge is 2.27. The molecule has 6 nitrogen and oxygen atoms in total. The van der Waals surface area contributed by atoms with Gasteiger partial charge < -0.3 is 10.1 Å². The van der Waals surface area contributed by atoms with Gasteiger partial charge in [0.05, 0.1) is 0 Å². The molecule has 28 heavy (non-hydrogen) atoms. The molecule has 3 heterocycles. The van der Waals surface area contributed by atoms with Gasteiger partial charge in [-0.25, -0.2) is 0 Å². The van der Waals surface area contributed by atoms with Crippen LogP contribution in [0.25, 0.3) is 11.3 Å². The molecule has 144 valence electrons. The molecule has 4 rings (SSSR count). The zero-order chi connectivity index (χ0) is 19.3. The van der Waals surface area contributed by atoms with Crippen molar-refractivity contribution < 1.29 is 4.74 Å². The predicted molar refractivity (Wildman–Crippen MR) is 114 cm³/mol. The Morgan fingerprint density at radius 2 is 2.11 bits per heavy atom. The number of aromatic nitrogens is 4. The molecule has 0 radical (unpaired) electrons. The van der Waals surface area contributed by atoms with Crippen LogP contribution in [0, 0.1) is 0 Å². The van der Waals surface area contributed by atoms with E-state index in [0.29, 0.717) is 16.7 Å². The third-order valence-electron chi connectivity index (χ3n) is 4.32. The number of nitrogens with one attached hydrogen (secondary N) is 1. The van der Waals surface area contributed by atoms with Crippen molar-refractivity contribution >= 4 is 33.4 Å². The Kier molecular flexibility index (Phi) is 6.07.